The van der Waals surface area contributed by atoms with E-state index in [9.17, 15) is 0 Å². The normalized spacial score (nSPS) is 11.1. The highest BCUT2D eigenvalue weighted by Crippen LogP contribution is 2.22. The minimum Gasteiger partial charge on any atom is -0.399 e. The molecular formula is C44H44N2. The highest BCUT2D eigenvalue weighted by molar-refractivity contribution is 5.43. The standard InChI is InChI=1S/C44H44N2/c1-2-3-41-31-40(16-21-42(41)30-39-14-12-35(13-15-39)28-38-19-24-44(46)25-20-38)29-36-10-8-33(9-11-36)26-32-4-6-34(7-5-32)27-37-17-22-43(45)23-18-37/h4-25,31H,2-3,26-30,45-46H2,1H3. The zero-order chi connectivity index (χ0) is 31.7. The molecule has 2 heteroatoms. The summed E-state index contributed by atoms with van der Waals surface area (Å²) in [5.41, 5.74) is 28.2. The van der Waals surface area contributed by atoms with Gasteiger partial charge in [0.15, 0.2) is 0 Å². The highest BCUT2D eigenvalue weighted by Gasteiger charge is 2.08. The lowest BCUT2D eigenvalue weighted by molar-refractivity contribution is 0.899. The Balaban J connectivity index is 1.05. The number of hydrogen-bond acceptors (Lipinski definition) is 2. The Bertz CT molecular complexity index is 1830. The molecule has 0 saturated heterocycles. The molecule has 0 aliphatic heterocycles. The van der Waals surface area contributed by atoms with Gasteiger partial charge in [0.05, 0.1) is 0 Å². The summed E-state index contributed by atoms with van der Waals surface area (Å²) in [6.45, 7) is 2.27. The van der Waals surface area contributed by atoms with Gasteiger partial charge in [0.25, 0.3) is 0 Å². The summed E-state index contributed by atoms with van der Waals surface area (Å²) < 4.78 is 0. The molecule has 0 amide bonds. The molecule has 0 aromatic heterocycles. The van der Waals surface area contributed by atoms with Crippen molar-refractivity contribution in [3.63, 3.8) is 0 Å². The third-order valence-corrected chi connectivity index (χ3v) is 8.85. The van der Waals surface area contributed by atoms with E-state index >= 15 is 0 Å². The summed E-state index contributed by atoms with van der Waals surface area (Å²) >= 11 is 0. The van der Waals surface area contributed by atoms with Crippen molar-refractivity contribution < 1.29 is 0 Å². The van der Waals surface area contributed by atoms with Crippen molar-refractivity contribution in [2.45, 2.75) is 51.9 Å². The van der Waals surface area contributed by atoms with E-state index in [1.54, 1.807) is 0 Å². The van der Waals surface area contributed by atoms with Crippen LogP contribution in [-0.2, 0) is 38.5 Å². The Hall–Kier alpha value is -5.08. The molecule has 6 aromatic carbocycles. The first-order chi connectivity index (χ1) is 22.5. The molecule has 0 atom stereocenters. The zero-order valence-corrected chi connectivity index (χ0v) is 26.9. The first-order valence-electron chi connectivity index (χ1n) is 16.5. The monoisotopic (exact) mass is 600 g/mol. The minimum absolute atomic E-state index is 0.810. The van der Waals surface area contributed by atoms with E-state index in [4.69, 9.17) is 11.5 Å². The Morgan fingerprint density at radius 3 is 0.957 bits per heavy atom. The number of hydrogen-bond donors (Lipinski definition) is 2. The van der Waals surface area contributed by atoms with Gasteiger partial charge in [-0.1, -0.05) is 129 Å². The van der Waals surface area contributed by atoms with E-state index in [1.165, 1.54) is 61.2 Å². The molecule has 0 bridgehead atoms. The Morgan fingerprint density at radius 2 is 0.609 bits per heavy atom. The summed E-state index contributed by atoms with van der Waals surface area (Å²) in [5, 5.41) is 0. The lowest BCUT2D eigenvalue weighted by atomic mass is 9.92. The molecule has 0 spiro atoms. The van der Waals surface area contributed by atoms with Gasteiger partial charge in [0.2, 0.25) is 0 Å². The third kappa shape index (κ3) is 8.55. The Kier molecular flexibility index (Phi) is 9.95. The topological polar surface area (TPSA) is 52.0 Å². The largest absolute Gasteiger partial charge is 0.399 e. The predicted octanol–water partition coefficient (Wildman–Crippen LogP) is 9.76. The molecular weight excluding hydrogens is 556 g/mol. The second kappa shape index (κ2) is 14.8. The van der Waals surface area contributed by atoms with Gasteiger partial charge >= 0.3 is 0 Å². The van der Waals surface area contributed by atoms with E-state index in [0.29, 0.717) is 0 Å². The maximum atomic E-state index is 5.84. The average Bonchev–Trinajstić information content (AvgIpc) is 3.07. The fraction of sp³-hybridized carbons (Fsp3) is 0.182. The van der Waals surface area contributed by atoms with Crippen LogP contribution in [0.3, 0.4) is 0 Å². The van der Waals surface area contributed by atoms with Crippen LogP contribution in [0.15, 0.2) is 140 Å². The maximum Gasteiger partial charge on any atom is 0.0314 e. The van der Waals surface area contributed by atoms with Crippen LogP contribution in [0.25, 0.3) is 0 Å². The first kappa shape index (κ1) is 30.9. The number of nitrogens with two attached hydrogens (primary N) is 2. The van der Waals surface area contributed by atoms with Crippen LogP contribution in [0.4, 0.5) is 11.4 Å². The summed E-state index contributed by atoms with van der Waals surface area (Å²) in [6, 6.07) is 50.7. The molecule has 0 fully saturated rings. The molecule has 0 aliphatic carbocycles. The Labute approximate surface area is 274 Å². The van der Waals surface area contributed by atoms with Gasteiger partial charge in [-0.05, 0) is 124 Å². The smallest absolute Gasteiger partial charge is 0.0314 e. The number of anilines is 2. The van der Waals surface area contributed by atoms with Crippen LogP contribution in [0, 0.1) is 0 Å². The summed E-state index contributed by atoms with van der Waals surface area (Å²) in [4.78, 5) is 0. The number of benzene rings is 6. The van der Waals surface area contributed by atoms with E-state index in [1.807, 2.05) is 24.3 Å². The Morgan fingerprint density at radius 1 is 0.326 bits per heavy atom. The van der Waals surface area contributed by atoms with Crippen molar-refractivity contribution in [3.05, 3.63) is 201 Å². The second-order valence-corrected chi connectivity index (χ2v) is 12.7. The second-order valence-electron chi connectivity index (χ2n) is 12.7. The molecule has 0 unspecified atom stereocenters. The van der Waals surface area contributed by atoms with Crippen molar-refractivity contribution in [3.8, 4) is 0 Å². The fourth-order valence-corrected chi connectivity index (χ4v) is 6.22. The van der Waals surface area contributed by atoms with Gasteiger partial charge < -0.3 is 11.5 Å². The summed E-state index contributed by atoms with van der Waals surface area (Å²) in [6.07, 6.45) is 6.97. The first-order valence-corrected chi connectivity index (χ1v) is 16.5. The quantitative estimate of drug-likeness (QED) is 0.137. The van der Waals surface area contributed by atoms with Crippen LogP contribution < -0.4 is 11.5 Å². The van der Waals surface area contributed by atoms with Gasteiger partial charge in [-0.2, -0.15) is 0 Å². The molecule has 4 N–H and O–H groups in total. The van der Waals surface area contributed by atoms with Crippen LogP contribution in [-0.4, -0.2) is 0 Å². The predicted molar refractivity (Wildman–Crippen MR) is 196 cm³/mol. The van der Waals surface area contributed by atoms with Gasteiger partial charge in [-0.15, -0.1) is 0 Å². The van der Waals surface area contributed by atoms with Crippen LogP contribution in [0.2, 0.25) is 0 Å². The van der Waals surface area contributed by atoms with Gasteiger partial charge in [-0.25, -0.2) is 0 Å². The van der Waals surface area contributed by atoms with Crippen LogP contribution in [0.5, 0.6) is 0 Å². The molecule has 0 aliphatic rings. The van der Waals surface area contributed by atoms with Crippen LogP contribution >= 0.6 is 0 Å². The van der Waals surface area contributed by atoms with E-state index in [-0.39, 0.29) is 0 Å². The average molecular weight is 601 g/mol. The molecule has 2 nitrogen and oxygen atoms in total. The SMILES string of the molecule is CCCc1cc(Cc2ccc(Cc3ccc(Cc4ccc(N)cc4)cc3)cc2)ccc1Cc1ccc(Cc2ccc(N)cc2)cc1. The zero-order valence-electron chi connectivity index (χ0n) is 26.9. The van der Waals surface area contributed by atoms with Crippen molar-refractivity contribution in [2.24, 2.45) is 0 Å². The van der Waals surface area contributed by atoms with Gasteiger partial charge in [-0.3, -0.25) is 0 Å². The van der Waals surface area contributed by atoms with E-state index < -0.39 is 0 Å². The fourth-order valence-electron chi connectivity index (χ4n) is 6.22. The lowest BCUT2D eigenvalue weighted by Gasteiger charge is -2.13. The molecule has 6 aromatic rings. The van der Waals surface area contributed by atoms with Crippen molar-refractivity contribution in [1.29, 1.82) is 0 Å². The van der Waals surface area contributed by atoms with Crippen molar-refractivity contribution >= 4 is 11.4 Å². The van der Waals surface area contributed by atoms with Crippen molar-refractivity contribution in [1.82, 2.24) is 0 Å². The molecule has 0 radical (unpaired) electrons. The number of aryl methyl sites for hydroxylation is 1. The van der Waals surface area contributed by atoms with Crippen LogP contribution in [0.1, 0.15) is 74.5 Å². The molecule has 0 saturated carbocycles. The number of nitrogen functional groups attached to an aromatic ring is 2. The summed E-state index contributed by atoms with van der Waals surface area (Å²) in [7, 11) is 0. The molecule has 0 heterocycles. The molecule has 6 rings (SSSR count). The van der Waals surface area contributed by atoms with Gasteiger partial charge in [0, 0.05) is 11.4 Å². The maximum absolute atomic E-state index is 5.84. The van der Waals surface area contributed by atoms with Crippen molar-refractivity contribution in [2.75, 3.05) is 11.5 Å². The summed E-state index contributed by atoms with van der Waals surface area (Å²) in [5.74, 6) is 0. The van der Waals surface area contributed by atoms with E-state index in [0.717, 1.165) is 56.3 Å². The molecule has 230 valence electrons. The lowest BCUT2D eigenvalue weighted by Crippen LogP contribution is -1.99. The number of rotatable bonds is 12. The molecule has 46 heavy (non-hydrogen) atoms. The van der Waals surface area contributed by atoms with Gasteiger partial charge in [0.1, 0.15) is 0 Å². The van der Waals surface area contributed by atoms with E-state index in [2.05, 4.69) is 122 Å². The highest BCUT2D eigenvalue weighted by atomic mass is 14.5. The third-order valence-electron chi connectivity index (χ3n) is 8.85. The minimum atomic E-state index is 0.810.